The van der Waals surface area contributed by atoms with Crippen molar-refractivity contribution < 1.29 is 13.6 Å². The minimum Gasteiger partial charge on any atom is -0.333 e. The number of fused-ring (bicyclic) bond motifs is 2. The van der Waals surface area contributed by atoms with Crippen LogP contribution in [0, 0.1) is 11.6 Å². The number of thiazole rings is 1. The molecule has 2 aromatic carbocycles. The minimum atomic E-state index is -1.12. The normalized spacial score (nSPS) is 12.4. The van der Waals surface area contributed by atoms with Crippen molar-refractivity contribution in [3.8, 4) is 0 Å². The standard InChI is InChI=1S/C19H14F2N4O2S/c1-9(17-11-6-13(20)14(21)7-12(11)18(26)24-23-17)25(2)19(27)10-3-4-16-15(5-10)22-8-28-16/h3-9H,1-2H3,(H,24,26). The molecule has 0 aliphatic carbocycles. The van der Waals surface area contributed by atoms with Crippen LogP contribution in [0.2, 0.25) is 0 Å². The van der Waals surface area contributed by atoms with Crippen molar-refractivity contribution in [1.82, 2.24) is 20.1 Å². The molecule has 0 bridgehead atoms. The summed E-state index contributed by atoms with van der Waals surface area (Å²) < 4.78 is 28.3. The van der Waals surface area contributed by atoms with Crippen molar-refractivity contribution in [1.29, 1.82) is 0 Å². The Morgan fingerprint density at radius 1 is 1.18 bits per heavy atom. The largest absolute Gasteiger partial charge is 0.333 e. The Labute approximate surface area is 161 Å². The Hall–Kier alpha value is -3.20. The molecule has 2 aromatic heterocycles. The van der Waals surface area contributed by atoms with Gasteiger partial charge in [-0.05, 0) is 37.3 Å². The van der Waals surface area contributed by atoms with E-state index in [2.05, 4.69) is 15.2 Å². The van der Waals surface area contributed by atoms with Gasteiger partial charge in [-0.3, -0.25) is 9.59 Å². The molecule has 0 aliphatic rings. The first kappa shape index (κ1) is 18.2. The maximum absolute atomic E-state index is 13.8. The summed E-state index contributed by atoms with van der Waals surface area (Å²) in [5.74, 6) is -2.49. The quantitative estimate of drug-likeness (QED) is 0.569. The van der Waals surface area contributed by atoms with Crippen LogP contribution >= 0.6 is 11.3 Å². The fourth-order valence-corrected chi connectivity index (χ4v) is 3.71. The van der Waals surface area contributed by atoms with Crippen LogP contribution in [0.5, 0.6) is 0 Å². The molecule has 1 amide bonds. The van der Waals surface area contributed by atoms with Gasteiger partial charge < -0.3 is 4.90 Å². The van der Waals surface area contributed by atoms with Crippen LogP contribution in [0.3, 0.4) is 0 Å². The highest BCUT2D eigenvalue weighted by Crippen LogP contribution is 2.27. The van der Waals surface area contributed by atoms with Gasteiger partial charge in [0.1, 0.15) is 0 Å². The lowest BCUT2D eigenvalue weighted by Gasteiger charge is -2.25. The highest BCUT2D eigenvalue weighted by molar-refractivity contribution is 7.16. The molecule has 9 heteroatoms. The second kappa shape index (κ2) is 6.75. The number of aromatic nitrogens is 3. The number of hydrogen-bond acceptors (Lipinski definition) is 5. The summed E-state index contributed by atoms with van der Waals surface area (Å²) in [4.78, 5) is 30.5. The summed E-state index contributed by atoms with van der Waals surface area (Å²) in [6, 6.07) is 6.38. The Morgan fingerprint density at radius 2 is 1.89 bits per heavy atom. The van der Waals surface area contributed by atoms with E-state index in [0.29, 0.717) is 5.56 Å². The molecule has 0 fully saturated rings. The first-order valence-corrected chi connectivity index (χ1v) is 9.22. The predicted molar refractivity (Wildman–Crippen MR) is 102 cm³/mol. The molecule has 4 rings (SSSR count). The summed E-state index contributed by atoms with van der Waals surface area (Å²) in [6.07, 6.45) is 0. The van der Waals surface area contributed by atoms with Gasteiger partial charge in [-0.15, -0.1) is 11.3 Å². The van der Waals surface area contributed by atoms with E-state index in [1.807, 2.05) is 6.07 Å². The minimum absolute atomic E-state index is 0.0273. The number of rotatable bonds is 3. The first-order valence-electron chi connectivity index (χ1n) is 8.34. The lowest BCUT2D eigenvalue weighted by atomic mass is 10.0. The fourth-order valence-electron chi connectivity index (χ4n) is 3.05. The molecule has 1 N–H and O–H groups in total. The average molecular weight is 400 g/mol. The molecule has 0 saturated carbocycles. The summed E-state index contributed by atoms with van der Waals surface area (Å²) in [5, 5.41) is 6.40. The van der Waals surface area contributed by atoms with Gasteiger partial charge in [0.2, 0.25) is 0 Å². The van der Waals surface area contributed by atoms with Gasteiger partial charge >= 0.3 is 0 Å². The molecule has 142 valence electrons. The molecule has 6 nitrogen and oxygen atoms in total. The number of carbonyl (C=O) groups excluding carboxylic acids is 1. The maximum Gasteiger partial charge on any atom is 0.272 e. The van der Waals surface area contributed by atoms with E-state index in [9.17, 15) is 18.4 Å². The van der Waals surface area contributed by atoms with E-state index in [4.69, 9.17) is 0 Å². The second-order valence-corrected chi connectivity index (χ2v) is 7.26. The number of carbonyl (C=O) groups is 1. The topological polar surface area (TPSA) is 79.0 Å². The van der Waals surface area contributed by atoms with Crippen LogP contribution in [-0.4, -0.2) is 33.0 Å². The zero-order valence-electron chi connectivity index (χ0n) is 14.9. The number of nitrogens with zero attached hydrogens (tertiary/aromatic N) is 3. The second-order valence-electron chi connectivity index (χ2n) is 6.38. The van der Waals surface area contributed by atoms with Crippen LogP contribution in [-0.2, 0) is 0 Å². The van der Waals surface area contributed by atoms with Crippen LogP contribution in [0.1, 0.15) is 29.0 Å². The van der Waals surface area contributed by atoms with Crippen molar-refractivity contribution >= 4 is 38.2 Å². The molecular formula is C19H14F2N4O2S. The fraction of sp³-hybridized carbons (Fsp3) is 0.158. The number of hydrogen-bond donors (Lipinski definition) is 1. The van der Waals surface area contributed by atoms with Crippen molar-refractivity contribution in [2.45, 2.75) is 13.0 Å². The number of nitrogens with one attached hydrogen (secondary N) is 1. The number of amides is 1. The Balaban J connectivity index is 1.75. The van der Waals surface area contributed by atoms with Crippen LogP contribution in [0.25, 0.3) is 21.0 Å². The van der Waals surface area contributed by atoms with Gasteiger partial charge in [0.05, 0.1) is 32.8 Å². The van der Waals surface area contributed by atoms with E-state index in [-0.39, 0.29) is 22.4 Å². The molecule has 0 spiro atoms. The van der Waals surface area contributed by atoms with Crippen molar-refractivity contribution in [2.24, 2.45) is 0 Å². The number of benzene rings is 2. The van der Waals surface area contributed by atoms with Gasteiger partial charge in [0.25, 0.3) is 11.5 Å². The van der Waals surface area contributed by atoms with E-state index >= 15 is 0 Å². The van der Waals surface area contributed by atoms with Crippen LogP contribution in [0.15, 0.2) is 40.6 Å². The summed E-state index contributed by atoms with van der Waals surface area (Å²) in [5.41, 5.74) is 2.50. The molecular weight excluding hydrogens is 386 g/mol. The highest BCUT2D eigenvalue weighted by Gasteiger charge is 2.24. The molecule has 28 heavy (non-hydrogen) atoms. The summed E-state index contributed by atoms with van der Waals surface area (Å²) >= 11 is 1.48. The third-order valence-corrected chi connectivity index (χ3v) is 5.54. The highest BCUT2D eigenvalue weighted by atomic mass is 32.1. The molecule has 4 aromatic rings. The smallest absolute Gasteiger partial charge is 0.272 e. The molecule has 1 unspecified atom stereocenters. The number of halogens is 2. The summed E-state index contributed by atoms with van der Waals surface area (Å²) in [7, 11) is 1.58. The molecule has 0 saturated heterocycles. The van der Waals surface area contributed by atoms with Crippen molar-refractivity contribution in [2.75, 3.05) is 7.05 Å². The monoisotopic (exact) mass is 400 g/mol. The first-order chi connectivity index (χ1) is 13.4. The van der Waals surface area contributed by atoms with Crippen LogP contribution in [0.4, 0.5) is 8.78 Å². The van der Waals surface area contributed by atoms with Crippen molar-refractivity contribution in [3.63, 3.8) is 0 Å². The number of H-pyrrole nitrogens is 1. The molecule has 0 radical (unpaired) electrons. The lowest BCUT2D eigenvalue weighted by Crippen LogP contribution is -2.31. The van der Waals surface area contributed by atoms with Gasteiger partial charge in [-0.2, -0.15) is 5.10 Å². The van der Waals surface area contributed by atoms with E-state index in [1.54, 1.807) is 31.6 Å². The summed E-state index contributed by atoms with van der Waals surface area (Å²) in [6.45, 7) is 1.70. The average Bonchev–Trinajstić information content (AvgIpc) is 3.16. The predicted octanol–water partition coefficient (Wildman–Crippen LogP) is 3.64. The SMILES string of the molecule is CC(c1n[nH]c(=O)c2cc(F)c(F)cc12)N(C)C(=O)c1ccc2scnc2c1. The van der Waals surface area contributed by atoms with E-state index in [0.717, 1.165) is 22.3 Å². The molecule has 2 heterocycles. The number of aromatic amines is 1. The Bertz CT molecular complexity index is 1280. The van der Waals surface area contributed by atoms with Gasteiger partial charge in [0.15, 0.2) is 11.6 Å². The zero-order chi connectivity index (χ0) is 20.0. The van der Waals surface area contributed by atoms with E-state index in [1.165, 1.54) is 16.2 Å². The van der Waals surface area contributed by atoms with Gasteiger partial charge in [-0.1, -0.05) is 0 Å². The Morgan fingerprint density at radius 3 is 2.64 bits per heavy atom. The third-order valence-electron chi connectivity index (χ3n) is 4.73. The molecule has 0 aliphatic heterocycles. The van der Waals surface area contributed by atoms with Gasteiger partial charge in [0, 0.05) is 18.0 Å². The van der Waals surface area contributed by atoms with Gasteiger partial charge in [-0.25, -0.2) is 18.9 Å². The third kappa shape index (κ3) is 2.93. The Kier molecular flexibility index (Phi) is 4.38. The van der Waals surface area contributed by atoms with E-state index < -0.39 is 23.2 Å². The van der Waals surface area contributed by atoms with Crippen LogP contribution < -0.4 is 5.56 Å². The maximum atomic E-state index is 13.8. The van der Waals surface area contributed by atoms with Crippen molar-refractivity contribution in [3.05, 3.63) is 69.1 Å². The zero-order valence-corrected chi connectivity index (χ0v) is 15.7. The molecule has 1 atom stereocenters. The lowest BCUT2D eigenvalue weighted by molar-refractivity contribution is 0.0740.